The maximum atomic E-state index is 4.40. The van der Waals surface area contributed by atoms with Crippen LogP contribution in [0.4, 0.5) is 0 Å². The molecule has 1 N–H and O–H groups in total. The van der Waals surface area contributed by atoms with Gasteiger partial charge in [0.2, 0.25) is 0 Å². The quantitative estimate of drug-likeness (QED) is 0.874. The number of hydrogen-bond acceptors (Lipinski definition) is 3. The zero-order valence-electron chi connectivity index (χ0n) is 11.5. The number of nitrogens with zero attached hydrogens (tertiary/aromatic N) is 4. The summed E-state index contributed by atoms with van der Waals surface area (Å²) in [5, 5.41) is 12.1. The second kappa shape index (κ2) is 5.35. The molecule has 0 amide bonds. The smallest absolute Gasteiger partial charge is 0.0644 e. The van der Waals surface area contributed by atoms with Crippen molar-refractivity contribution in [2.75, 3.05) is 7.05 Å². The lowest BCUT2D eigenvalue weighted by molar-refractivity contribution is 0.600. The molecule has 0 radical (unpaired) electrons. The topological polar surface area (TPSA) is 47.7 Å². The van der Waals surface area contributed by atoms with Crippen LogP contribution in [0.15, 0.2) is 18.6 Å². The van der Waals surface area contributed by atoms with Crippen LogP contribution in [0.25, 0.3) is 0 Å². The van der Waals surface area contributed by atoms with Gasteiger partial charge < -0.3 is 5.32 Å². The molecule has 0 aliphatic heterocycles. The number of aryl methyl sites for hydroxylation is 3. The van der Waals surface area contributed by atoms with Crippen LogP contribution in [0.5, 0.6) is 0 Å². The van der Waals surface area contributed by atoms with Crippen LogP contribution in [0.1, 0.15) is 36.2 Å². The molecule has 1 atom stereocenters. The first-order chi connectivity index (χ1) is 8.65. The molecule has 0 fully saturated rings. The molecular formula is C13H21N5. The Hall–Kier alpha value is -1.62. The Morgan fingerprint density at radius 2 is 2.17 bits per heavy atom. The third-order valence-corrected chi connectivity index (χ3v) is 3.09. The zero-order valence-corrected chi connectivity index (χ0v) is 11.5. The van der Waals surface area contributed by atoms with Gasteiger partial charge in [-0.05, 0) is 20.4 Å². The van der Waals surface area contributed by atoms with E-state index in [9.17, 15) is 0 Å². The van der Waals surface area contributed by atoms with Crippen molar-refractivity contribution in [1.29, 1.82) is 0 Å². The van der Waals surface area contributed by atoms with Crippen molar-refractivity contribution in [3.63, 3.8) is 0 Å². The Bertz CT molecular complexity index is 511. The van der Waals surface area contributed by atoms with E-state index in [2.05, 4.69) is 34.8 Å². The summed E-state index contributed by atoms with van der Waals surface area (Å²) < 4.78 is 3.84. The second-order valence-electron chi connectivity index (χ2n) is 4.60. The van der Waals surface area contributed by atoms with Crippen LogP contribution in [0.3, 0.4) is 0 Å². The molecule has 0 aliphatic carbocycles. The summed E-state index contributed by atoms with van der Waals surface area (Å²) in [5.74, 6) is 0. The average molecular weight is 247 g/mol. The van der Waals surface area contributed by atoms with Gasteiger partial charge in [-0.15, -0.1) is 0 Å². The SMILES string of the molecule is CCCn1cc(C(NC)c2cn(C)nc2C)cn1. The zero-order chi connectivity index (χ0) is 13.1. The largest absolute Gasteiger partial charge is 0.309 e. The fraction of sp³-hybridized carbons (Fsp3) is 0.538. The van der Waals surface area contributed by atoms with Gasteiger partial charge in [0.1, 0.15) is 0 Å². The highest BCUT2D eigenvalue weighted by molar-refractivity contribution is 5.30. The van der Waals surface area contributed by atoms with Gasteiger partial charge >= 0.3 is 0 Å². The molecule has 0 spiro atoms. The molecule has 0 bridgehead atoms. The summed E-state index contributed by atoms with van der Waals surface area (Å²) >= 11 is 0. The Morgan fingerprint density at radius 1 is 1.39 bits per heavy atom. The Kier molecular flexibility index (Phi) is 3.81. The minimum Gasteiger partial charge on any atom is -0.309 e. The molecule has 18 heavy (non-hydrogen) atoms. The van der Waals surface area contributed by atoms with Crippen LogP contribution in [-0.4, -0.2) is 26.6 Å². The first-order valence-corrected chi connectivity index (χ1v) is 6.35. The van der Waals surface area contributed by atoms with Crippen molar-refractivity contribution in [2.45, 2.75) is 32.9 Å². The molecule has 1 unspecified atom stereocenters. The molecular weight excluding hydrogens is 226 g/mol. The minimum absolute atomic E-state index is 0.157. The van der Waals surface area contributed by atoms with Crippen LogP contribution < -0.4 is 5.32 Å². The standard InChI is InChI=1S/C13H21N5/c1-5-6-18-8-11(7-15-18)13(14-3)12-9-17(4)16-10(12)2/h7-9,13-14H,5-6H2,1-4H3. The van der Waals surface area contributed by atoms with E-state index in [0.29, 0.717) is 0 Å². The number of hydrogen-bond donors (Lipinski definition) is 1. The van der Waals surface area contributed by atoms with Gasteiger partial charge in [-0.3, -0.25) is 9.36 Å². The van der Waals surface area contributed by atoms with Crippen molar-refractivity contribution >= 4 is 0 Å². The normalized spacial score (nSPS) is 12.9. The molecule has 5 heteroatoms. The fourth-order valence-electron chi connectivity index (χ4n) is 2.28. The van der Waals surface area contributed by atoms with Crippen molar-refractivity contribution < 1.29 is 0 Å². The number of nitrogens with one attached hydrogen (secondary N) is 1. The van der Waals surface area contributed by atoms with Gasteiger partial charge in [0.05, 0.1) is 17.9 Å². The first kappa shape index (κ1) is 12.8. The van der Waals surface area contributed by atoms with E-state index in [1.807, 2.05) is 36.6 Å². The molecule has 0 saturated heterocycles. The monoisotopic (exact) mass is 247 g/mol. The molecule has 2 heterocycles. The van der Waals surface area contributed by atoms with Crippen molar-refractivity contribution in [3.05, 3.63) is 35.4 Å². The summed E-state index contributed by atoms with van der Waals surface area (Å²) in [6.45, 7) is 5.15. The predicted molar refractivity (Wildman–Crippen MR) is 71.4 cm³/mol. The Labute approximate surface area is 108 Å². The van der Waals surface area contributed by atoms with Gasteiger partial charge in [0.15, 0.2) is 0 Å². The Balaban J connectivity index is 2.29. The van der Waals surface area contributed by atoms with Crippen molar-refractivity contribution in [3.8, 4) is 0 Å². The van der Waals surface area contributed by atoms with Crippen LogP contribution in [0, 0.1) is 6.92 Å². The second-order valence-corrected chi connectivity index (χ2v) is 4.60. The summed E-state index contributed by atoms with van der Waals surface area (Å²) in [5.41, 5.74) is 3.44. The molecule has 0 saturated carbocycles. The van der Waals surface area contributed by atoms with E-state index in [0.717, 1.165) is 18.7 Å². The molecule has 2 aromatic heterocycles. The van der Waals surface area contributed by atoms with Crippen LogP contribution in [0.2, 0.25) is 0 Å². The van der Waals surface area contributed by atoms with Crippen molar-refractivity contribution in [1.82, 2.24) is 24.9 Å². The lowest BCUT2D eigenvalue weighted by Crippen LogP contribution is -2.17. The minimum atomic E-state index is 0.157. The summed E-state index contributed by atoms with van der Waals surface area (Å²) in [6.07, 6.45) is 7.20. The van der Waals surface area contributed by atoms with Gasteiger partial charge in [-0.2, -0.15) is 10.2 Å². The summed E-state index contributed by atoms with van der Waals surface area (Å²) in [7, 11) is 3.91. The van der Waals surface area contributed by atoms with Gasteiger partial charge in [0, 0.05) is 37.1 Å². The highest BCUT2D eigenvalue weighted by Crippen LogP contribution is 2.23. The number of rotatable bonds is 5. The molecule has 2 aromatic rings. The van der Waals surface area contributed by atoms with Crippen molar-refractivity contribution in [2.24, 2.45) is 7.05 Å². The van der Waals surface area contributed by atoms with E-state index in [4.69, 9.17) is 0 Å². The van der Waals surface area contributed by atoms with E-state index < -0.39 is 0 Å². The molecule has 2 rings (SSSR count). The Morgan fingerprint density at radius 3 is 2.72 bits per heavy atom. The van der Waals surface area contributed by atoms with E-state index >= 15 is 0 Å². The first-order valence-electron chi connectivity index (χ1n) is 6.35. The number of aromatic nitrogens is 4. The lowest BCUT2D eigenvalue weighted by atomic mass is 10.0. The van der Waals surface area contributed by atoms with Crippen LogP contribution >= 0.6 is 0 Å². The third-order valence-electron chi connectivity index (χ3n) is 3.09. The highest BCUT2D eigenvalue weighted by Gasteiger charge is 2.18. The predicted octanol–water partition coefficient (Wildman–Crippen LogP) is 1.64. The summed E-state index contributed by atoms with van der Waals surface area (Å²) in [6, 6.07) is 0.157. The third kappa shape index (κ3) is 2.46. The molecule has 5 nitrogen and oxygen atoms in total. The van der Waals surface area contributed by atoms with E-state index in [1.165, 1.54) is 11.1 Å². The fourth-order valence-corrected chi connectivity index (χ4v) is 2.28. The highest BCUT2D eigenvalue weighted by atomic mass is 15.3. The summed E-state index contributed by atoms with van der Waals surface area (Å²) in [4.78, 5) is 0. The molecule has 0 aromatic carbocycles. The van der Waals surface area contributed by atoms with Gasteiger partial charge in [-0.25, -0.2) is 0 Å². The van der Waals surface area contributed by atoms with E-state index in [-0.39, 0.29) is 6.04 Å². The van der Waals surface area contributed by atoms with Crippen LogP contribution in [-0.2, 0) is 13.6 Å². The average Bonchev–Trinajstić information content (AvgIpc) is 2.89. The molecule has 98 valence electrons. The van der Waals surface area contributed by atoms with E-state index in [1.54, 1.807) is 0 Å². The lowest BCUT2D eigenvalue weighted by Gasteiger charge is -2.13. The maximum Gasteiger partial charge on any atom is 0.0644 e. The molecule has 0 aliphatic rings. The van der Waals surface area contributed by atoms with Gasteiger partial charge in [0.25, 0.3) is 0 Å². The maximum absolute atomic E-state index is 4.40. The van der Waals surface area contributed by atoms with Gasteiger partial charge in [-0.1, -0.05) is 6.92 Å².